The third kappa shape index (κ3) is 3.02. The predicted molar refractivity (Wildman–Crippen MR) is 108 cm³/mol. The Kier molecular flexibility index (Phi) is 4.31. The normalized spacial score (nSPS) is 11.0. The molecule has 1 amide bonds. The van der Waals surface area contributed by atoms with Gasteiger partial charge >= 0.3 is 0 Å². The Bertz CT molecular complexity index is 1090. The van der Waals surface area contributed by atoms with E-state index in [1.54, 1.807) is 0 Å². The first-order valence-corrected chi connectivity index (χ1v) is 9.41. The molecule has 2 aromatic heterocycles. The Hall–Kier alpha value is -2.92. The molecule has 130 valence electrons. The van der Waals surface area contributed by atoms with Crippen molar-refractivity contribution < 1.29 is 4.79 Å². The van der Waals surface area contributed by atoms with Crippen molar-refractivity contribution in [3.05, 3.63) is 71.1 Å². The van der Waals surface area contributed by atoms with Gasteiger partial charge in [0.05, 0.1) is 20.8 Å². The molecule has 4 nitrogen and oxygen atoms in total. The summed E-state index contributed by atoms with van der Waals surface area (Å²) in [5.41, 5.74) is 4.02. The number of carbonyl (C=O) groups excluding carboxylic acids is 1. The van der Waals surface area contributed by atoms with Crippen molar-refractivity contribution >= 4 is 34.0 Å². The third-order valence-corrected chi connectivity index (χ3v) is 5.38. The lowest BCUT2D eigenvalue weighted by Crippen LogP contribution is -2.09. The van der Waals surface area contributed by atoms with E-state index in [9.17, 15) is 4.79 Å². The summed E-state index contributed by atoms with van der Waals surface area (Å²) in [6, 6.07) is 19.8. The quantitative estimate of drug-likeness (QED) is 0.533. The lowest BCUT2D eigenvalue weighted by molar-refractivity contribution is 0.103. The van der Waals surface area contributed by atoms with Gasteiger partial charge in [-0.05, 0) is 55.8 Å². The van der Waals surface area contributed by atoms with Gasteiger partial charge in [-0.15, -0.1) is 11.3 Å². The number of nitrogens with one attached hydrogen (secondary N) is 1. The molecule has 0 aliphatic carbocycles. The second-order valence-electron chi connectivity index (χ2n) is 6.16. The SMILES string of the molecule is CCn1c(-c2ccc(C(=O)Nc3cccc(C)c3)s2)nc2ccccc21. The van der Waals surface area contributed by atoms with Gasteiger partial charge in [0.15, 0.2) is 5.82 Å². The lowest BCUT2D eigenvalue weighted by Gasteiger charge is -2.05. The number of hydrogen-bond acceptors (Lipinski definition) is 3. The fourth-order valence-corrected chi connectivity index (χ4v) is 3.98. The van der Waals surface area contributed by atoms with Crippen LogP contribution in [0.25, 0.3) is 21.7 Å². The van der Waals surface area contributed by atoms with Gasteiger partial charge in [-0.25, -0.2) is 4.98 Å². The molecule has 0 saturated heterocycles. The molecule has 5 heteroatoms. The van der Waals surface area contributed by atoms with Gasteiger partial charge in [-0.1, -0.05) is 24.3 Å². The molecule has 26 heavy (non-hydrogen) atoms. The van der Waals surface area contributed by atoms with E-state index in [-0.39, 0.29) is 5.91 Å². The Balaban J connectivity index is 1.65. The number of aryl methyl sites for hydroxylation is 2. The average molecular weight is 361 g/mol. The number of anilines is 1. The van der Waals surface area contributed by atoms with E-state index in [0.29, 0.717) is 4.88 Å². The smallest absolute Gasteiger partial charge is 0.265 e. The molecule has 0 aliphatic heterocycles. The van der Waals surface area contributed by atoms with Gasteiger partial charge in [0.2, 0.25) is 0 Å². The summed E-state index contributed by atoms with van der Waals surface area (Å²) in [5.74, 6) is 0.819. The highest BCUT2D eigenvalue weighted by Crippen LogP contribution is 2.31. The monoisotopic (exact) mass is 361 g/mol. The molecule has 0 aliphatic rings. The van der Waals surface area contributed by atoms with E-state index in [1.807, 2.05) is 61.5 Å². The summed E-state index contributed by atoms with van der Waals surface area (Å²) in [6.07, 6.45) is 0. The molecule has 2 heterocycles. The molecule has 4 rings (SSSR count). The van der Waals surface area contributed by atoms with Crippen molar-refractivity contribution in [2.45, 2.75) is 20.4 Å². The van der Waals surface area contributed by atoms with E-state index in [0.717, 1.165) is 39.5 Å². The third-order valence-electron chi connectivity index (χ3n) is 4.30. The van der Waals surface area contributed by atoms with Crippen LogP contribution in [-0.2, 0) is 6.54 Å². The Morgan fingerprint density at radius 1 is 1.12 bits per heavy atom. The van der Waals surface area contributed by atoms with Crippen LogP contribution in [0.4, 0.5) is 5.69 Å². The summed E-state index contributed by atoms with van der Waals surface area (Å²) < 4.78 is 2.18. The van der Waals surface area contributed by atoms with E-state index in [2.05, 4.69) is 22.9 Å². The van der Waals surface area contributed by atoms with Gasteiger partial charge in [0, 0.05) is 12.2 Å². The first-order chi connectivity index (χ1) is 12.7. The number of carbonyl (C=O) groups is 1. The molecule has 0 bridgehead atoms. The minimum atomic E-state index is -0.0917. The van der Waals surface area contributed by atoms with Crippen LogP contribution in [0.2, 0.25) is 0 Å². The molecular weight excluding hydrogens is 342 g/mol. The van der Waals surface area contributed by atoms with Crippen molar-refractivity contribution in [3.8, 4) is 10.7 Å². The molecule has 0 fully saturated rings. The molecule has 0 radical (unpaired) electrons. The standard InChI is InChI=1S/C21H19N3OS/c1-3-24-17-10-5-4-9-16(17)23-20(24)18-11-12-19(26-18)21(25)22-15-8-6-7-14(2)13-15/h4-13H,3H2,1-2H3,(H,22,25). The molecule has 0 saturated carbocycles. The first-order valence-electron chi connectivity index (χ1n) is 8.59. The highest BCUT2D eigenvalue weighted by Gasteiger charge is 2.16. The summed E-state index contributed by atoms with van der Waals surface area (Å²) in [5, 5.41) is 2.96. The Morgan fingerprint density at radius 3 is 2.77 bits per heavy atom. The van der Waals surface area contributed by atoms with Crippen LogP contribution in [-0.4, -0.2) is 15.5 Å². The fraction of sp³-hybridized carbons (Fsp3) is 0.143. The van der Waals surface area contributed by atoms with Crippen molar-refractivity contribution in [3.63, 3.8) is 0 Å². The number of fused-ring (bicyclic) bond motifs is 1. The number of thiophene rings is 1. The van der Waals surface area contributed by atoms with Crippen molar-refractivity contribution in [1.82, 2.24) is 9.55 Å². The minimum absolute atomic E-state index is 0.0917. The maximum absolute atomic E-state index is 12.6. The van der Waals surface area contributed by atoms with Crippen LogP contribution in [0.5, 0.6) is 0 Å². The van der Waals surface area contributed by atoms with Crippen LogP contribution in [0.1, 0.15) is 22.2 Å². The number of amides is 1. The zero-order valence-corrected chi connectivity index (χ0v) is 15.5. The zero-order chi connectivity index (χ0) is 18.1. The molecule has 0 atom stereocenters. The van der Waals surface area contributed by atoms with Crippen molar-refractivity contribution in [2.24, 2.45) is 0 Å². The van der Waals surface area contributed by atoms with E-state index >= 15 is 0 Å². The Labute approximate surface area is 156 Å². The van der Waals surface area contributed by atoms with E-state index in [1.165, 1.54) is 11.3 Å². The van der Waals surface area contributed by atoms with Crippen molar-refractivity contribution in [2.75, 3.05) is 5.32 Å². The highest BCUT2D eigenvalue weighted by atomic mass is 32.1. The molecule has 0 spiro atoms. The topological polar surface area (TPSA) is 46.9 Å². The van der Waals surface area contributed by atoms with Crippen LogP contribution in [0, 0.1) is 6.92 Å². The summed E-state index contributed by atoms with van der Waals surface area (Å²) in [4.78, 5) is 19.0. The van der Waals surface area contributed by atoms with Crippen LogP contribution < -0.4 is 5.32 Å². The van der Waals surface area contributed by atoms with Gasteiger partial charge in [-0.3, -0.25) is 4.79 Å². The molecule has 1 N–H and O–H groups in total. The first kappa shape index (κ1) is 16.5. The lowest BCUT2D eigenvalue weighted by atomic mass is 10.2. The molecule has 0 unspecified atom stereocenters. The maximum atomic E-state index is 12.6. The van der Waals surface area contributed by atoms with Gasteiger partial charge in [-0.2, -0.15) is 0 Å². The Morgan fingerprint density at radius 2 is 1.96 bits per heavy atom. The number of imidazole rings is 1. The van der Waals surface area contributed by atoms with Gasteiger partial charge in [0.1, 0.15) is 0 Å². The van der Waals surface area contributed by atoms with Crippen LogP contribution in [0.15, 0.2) is 60.7 Å². The summed E-state index contributed by atoms with van der Waals surface area (Å²) in [6.45, 7) is 4.95. The maximum Gasteiger partial charge on any atom is 0.265 e. The number of nitrogens with zero attached hydrogens (tertiary/aromatic N) is 2. The molecule has 2 aromatic carbocycles. The van der Waals surface area contributed by atoms with Crippen LogP contribution >= 0.6 is 11.3 Å². The fourth-order valence-electron chi connectivity index (χ4n) is 3.08. The number of hydrogen-bond donors (Lipinski definition) is 1. The highest BCUT2D eigenvalue weighted by molar-refractivity contribution is 7.17. The second-order valence-corrected chi connectivity index (χ2v) is 7.24. The van der Waals surface area contributed by atoms with Crippen LogP contribution in [0.3, 0.4) is 0 Å². The zero-order valence-electron chi connectivity index (χ0n) is 14.7. The number of para-hydroxylation sites is 2. The van der Waals surface area contributed by atoms with Gasteiger partial charge in [0.25, 0.3) is 5.91 Å². The van der Waals surface area contributed by atoms with Gasteiger partial charge < -0.3 is 9.88 Å². The second kappa shape index (κ2) is 6.77. The number of rotatable bonds is 4. The molecular formula is C21H19N3OS. The summed E-state index contributed by atoms with van der Waals surface area (Å²) >= 11 is 1.47. The van der Waals surface area contributed by atoms with Crippen molar-refractivity contribution in [1.29, 1.82) is 0 Å². The average Bonchev–Trinajstić information content (AvgIpc) is 3.26. The van der Waals surface area contributed by atoms with E-state index < -0.39 is 0 Å². The molecule has 4 aromatic rings. The largest absolute Gasteiger partial charge is 0.324 e. The predicted octanol–water partition coefficient (Wildman–Crippen LogP) is 5.35. The summed E-state index contributed by atoms with van der Waals surface area (Å²) in [7, 11) is 0. The number of aromatic nitrogens is 2. The number of benzene rings is 2. The minimum Gasteiger partial charge on any atom is -0.324 e. The van der Waals surface area contributed by atoms with E-state index in [4.69, 9.17) is 4.98 Å².